The van der Waals surface area contributed by atoms with Gasteiger partial charge < -0.3 is 18.9 Å². The van der Waals surface area contributed by atoms with Crippen LogP contribution in [0.1, 0.15) is 11.1 Å². The van der Waals surface area contributed by atoms with E-state index in [0.29, 0.717) is 5.02 Å². The lowest BCUT2D eigenvalue weighted by Crippen LogP contribution is -2.15. The highest BCUT2D eigenvalue weighted by molar-refractivity contribution is 6.32. The number of carbonyl (C=O) groups is 1. The lowest BCUT2D eigenvalue weighted by molar-refractivity contribution is -0.386. The average Bonchev–Trinajstić information content (AvgIpc) is 2.66. The lowest BCUT2D eigenvalue weighted by atomic mass is 10.1. The van der Waals surface area contributed by atoms with Crippen LogP contribution < -0.4 is 14.2 Å². The van der Waals surface area contributed by atoms with Crippen LogP contribution in [0.2, 0.25) is 5.02 Å². The Kier molecular flexibility index (Phi) is 7.54. The van der Waals surface area contributed by atoms with Crippen molar-refractivity contribution in [3.63, 3.8) is 0 Å². The molecular weight excluding hydrogens is 416 g/mol. The molecule has 0 aromatic heterocycles. The molecule has 0 unspecified atom stereocenters. The predicted octanol–water partition coefficient (Wildman–Crippen LogP) is 4.29. The third-order valence-corrected chi connectivity index (χ3v) is 3.91. The number of carbonyl (C=O) groups excluding carboxylic acids is 1. The van der Waals surface area contributed by atoms with Gasteiger partial charge in [0, 0.05) is 0 Å². The van der Waals surface area contributed by atoms with Gasteiger partial charge in [0.25, 0.3) is 5.69 Å². The number of aryl methyl sites for hydroxylation is 1. The lowest BCUT2D eigenvalue weighted by Gasteiger charge is -2.13. The number of esters is 1. The minimum atomic E-state index is -3.20. The Balaban J connectivity index is 2.09. The van der Waals surface area contributed by atoms with Crippen LogP contribution in [0.3, 0.4) is 0 Å². The summed E-state index contributed by atoms with van der Waals surface area (Å²) >= 11 is 5.96. The zero-order chi connectivity index (χ0) is 21.6. The van der Waals surface area contributed by atoms with Gasteiger partial charge in [-0.05, 0) is 30.7 Å². The molecule has 0 atom stereocenters. The third kappa shape index (κ3) is 6.18. The molecule has 29 heavy (non-hydrogen) atoms. The van der Waals surface area contributed by atoms with Crippen LogP contribution in [-0.4, -0.2) is 31.2 Å². The van der Waals surface area contributed by atoms with Crippen molar-refractivity contribution < 1.29 is 37.4 Å². The summed E-state index contributed by atoms with van der Waals surface area (Å²) in [4.78, 5) is 22.3. The molecule has 0 spiro atoms. The number of nitro groups is 1. The van der Waals surface area contributed by atoms with E-state index in [4.69, 9.17) is 25.8 Å². The van der Waals surface area contributed by atoms with E-state index in [1.165, 1.54) is 7.11 Å². The molecule has 0 heterocycles. The molecule has 0 amide bonds. The van der Waals surface area contributed by atoms with Crippen molar-refractivity contribution >= 4 is 23.3 Å². The van der Waals surface area contributed by atoms with Gasteiger partial charge in [0.15, 0.2) is 18.1 Å². The number of hydrogen-bond acceptors (Lipinski definition) is 7. The molecule has 0 fully saturated rings. The Bertz CT molecular complexity index is 908. The van der Waals surface area contributed by atoms with Gasteiger partial charge in [-0.3, -0.25) is 10.1 Å². The molecule has 0 N–H and O–H groups in total. The maximum Gasteiger partial charge on any atom is 0.387 e. The van der Waals surface area contributed by atoms with Crippen LogP contribution in [-0.2, 0) is 16.1 Å². The maximum absolute atomic E-state index is 12.5. The van der Waals surface area contributed by atoms with E-state index in [1.807, 2.05) is 6.92 Å². The smallest absolute Gasteiger partial charge is 0.387 e. The van der Waals surface area contributed by atoms with Crippen molar-refractivity contribution in [2.45, 2.75) is 20.1 Å². The van der Waals surface area contributed by atoms with Crippen molar-refractivity contribution in [3.8, 4) is 17.2 Å². The Morgan fingerprint density at radius 2 is 1.93 bits per heavy atom. The minimum absolute atomic E-state index is 0.0737. The second kappa shape index (κ2) is 9.87. The van der Waals surface area contributed by atoms with Crippen molar-refractivity contribution in [1.29, 1.82) is 0 Å². The molecule has 0 bridgehead atoms. The normalized spacial score (nSPS) is 10.6. The average molecular weight is 432 g/mol. The van der Waals surface area contributed by atoms with Gasteiger partial charge >= 0.3 is 12.6 Å². The molecule has 0 aliphatic rings. The summed E-state index contributed by atoms with van der Waals surface area (Å²) in [7, 11) is 1.18. The molecule has 0 aliphatic heterocycles. The molecule has 11 heteroatoms. The molecule has 0 aliphatic carbocycles. The van der Waals surface area contributed by atoms with Crippen LogP contribution in [0.15, 0.2) is 30.3 Å². The van der Waals surface area contributed by atoms with E-state index in [-0.39, 0.29) is 17.1 Å². The topological polar surface area (TPSA) is 97.1 Å². The summed E-state index contributed by atoms with van der Waals surface area (Å²) in [6.07, 6.45) is 0. The molecular formula is C18H16ClF2NO7. The van der Waals surface area contributed by atoms with Gasteiger partial charge in [0.1, 0.15) is 12.4 Å². The van der Waals surface area contributed by atoms with Crippen LogP contribution in [0.25, 0.3) is 0 Å². The summed E-state index contributed by atoms with van der Waals surface area (Å²) in [5.41, 5.74) is 0.221. The van der Waals surface area contributed by atoms with Gasteiger partial charge in [-0.15, -0.1) is 0 Å². The first-order valence-corrected chi connectivity index (χ1v) is 8.43. The number of nitro benzene ring substituents is 1. The zero-order valence-electron chi connectivity index (χ0n) is 15.3. The highest BCUT2D eigenvalue weighted by Crippen LogP contribution is 2.36. The number of alkyl halides is 2. The van der Waals surface area contributed by atoms with Crippen molar-refractivity contribution in [2.24, 2.45) is 0 Å². The first-order chi connectivity index (χ1) is 13.7. The quantitative estimate of drug-likeness (QED) is 0.332. The Hall–Kier alpha value is -3.14. The summed E-state index contributed by atoms with van der Waals surface area (Å²) < 4.78 is 44.3. The van der Waals surface area contributed by atoms with Crippen LogP contribution in [0.5, 0.6) is 17.2 Å². The number of ether oxygens (including phenoxy) is 4. The fraction of sp³-hybridized carbons (Fsp3) is 0.278. The van der Waals surface area contributed by atoms with E-state index in [9.17, 15) is 23.7 Å². The number of nitrogens with zero attached hydrogens (tertiary/aromatic N) is 1. The van der Waals surface area contributed by atoms with Gasteiger partial charge in [-0.1, -0.05) is 17.7 Å². The molecule has 0 saturated heterocycles. The first-order valence-electron chi connectivity index (χ1n) is 8.06. The van der Waals surface area contributed by atoms with E-state index in [1.54, 1.807) is 18.2 Å². The van der Waals surface area contributed by atoms with Crippen molar-refractivity contribution in [3.05, 3.63) is 56.6 Å². The number of halogens is 3. The zero-order valence-corrected chi connectivity index (χ0v) is 16.1. The van der Waals surface area contributed by atoms with Gasteiger partial charge in [0.2, 0.25) is 0 Å². The Morgan fingerprint density at radius 3 is 2.55 bits per heavy atom. The predicted molar refractivity (Wildman–Crippen MR) is 97.8 cm³/mol. The number of benzene rings is 2. The number of rotatable bonds is 9. The summed E-state index contributed by atoms with van der Waals surface area (Å²) in [6, 6.07) is 6.86. The van der Waals surface area contributed by atoms with Gasteiger partial charge in [0.05, 0.1) is 28.7 Å². The van der Waals surface area contributed by atoms with E-state index in [2.05, 4.69) is 4.74 Å². The molecule has 2 aromatic rings. The molecule has 0 saturated carbocycles. The van der Waals surface area contributed by atoms with E-state index >= 15 is 0 Å². The van der Waals surface area contributed by atoms with Crippen LogP contribution >= 0.6 is 11.6 Å². The highest BCUT2D eigenvalue weighted by atomic mass is 35.5. The third-order valence-electron chi connectivity index (χ3n) is 3.60. The second-order valence-corrected chi connectivity index (χ2v) is 6.06. The summed E-state index contributed by atoms with van der Waals surface area (Å²) in [5, 5.41) is 11.5. The van der Waals surface area contributed by atoms with Crippen LogP contribution in [0.4, 0.5) is 14.5 Å². The Labute approximate surface area is 169 Å². The first kappa shape index (κ1) is 22.2. The van der Waals surface area contributed by atoms with Crippen molar-refractivity contribution in [2.75, 3.05) is 13.7 Å². The molecule has 156 valence electrons. The van der Waals surface area contributed by atoms with E-state index in [0.717, 1.165) is 17.7 Å². The largest absolute Gasteiger partial charge is 0.493 e. The summed E-state index contributed by atoms with van der Waals surface area (Å²) in [6.45, 7) is -2.38. The van der Waals surface area contributed by atoms with E-state index < -0.39 is 42.2 Å². The molecule has 2 aromatic carbocycles. The molecule has 2 rings (SSSR count). The SMILES string of the molecule is COc1cc(COC(=O)COc2cc(C)ccc2Cl)c([N+](=O)[O-])cc1OC(F)F. The fourth-order valence-corrected chi connectivity index (χ4v) is 2.45. The number of hydrogen-bond donors (Lipinski definition) is 0. The second-order valence-electron chi connectivity index (χ2n) is 5.65. The maximum atomic E-state index is 12.5. The monoisotopic (exact) mass is 431 g/mol. The summed E-state index contributed by atoms with van der Waals surface area (Å²) in [5.74, 6) is -1.22. The minimum Gasteiger partial charge on any atom is -0.493 e. The van der Waals surface area contributed by atoms with Crippen molar-refractivity contribution in [1.82, 2.24) is 0 Å². The molecule has 0 radical (unpaired) electrons. The Morgan fingerprint density at radius 1 is 1.21 bits per heavy atom. The molecule has 8 nitrogen and oxygen atoms in total. The number of methoxy groups -OCH3 is 1. The standard InChI is InChI=1S/C18H16ClF2NO7/c1-10-3-4-12(19)14(5-10)27-9-17(23)28-8-11-6-15(26-2)16(29-18(20)21)7-13(11)22(24)25/h3-7,18H,8-9H2,1-2H3. The van der Waals surface area contributed by atoms with Gasteiger partial charge in [-0.25, -0.2) is 4.79 Å². The highest BCUT2D eigenvalue weighted by Gasteiger charge is 2.22. The fourth-order valence-electron chi connectivity index (χ4n) is 2.28. The van der Waals surface area contributed by atoms with Gasteiger partial charge in [-0.2, -0.15) is 8.78 Å². The van der Waals surface area contributed by atoms with Crippen LogP contribution in [0, 0.1) is 17.0 Å².